The first-order valence-electron chi connectivity index (χ1n) is 5.61. The van der Waals surface area contributed by atoms with E-state index in [9.17, 15) is 0 Å². The normalized spacial score (nSPS) is 10.4. The molecule has 0 aromatic carbocycles. The highest BCUT2D eigenvalue weighted by Gasteiger charge is 2.05. The number of rotatable bonds is 6. The maximum atomic E-state index is 8.70. The molecule has 1 N–H and O–H groups in total. The third kappa shape index (κ3) is 5.60. The summed E-state index contributed by atoms with van der Waals surface area (Å²) in [5.74, 6) is 7.26. The zero-order valence-electron chi connectivity index (χ0n) is 10.4. The van der Waals surface area contributed by atoms with Gasteiger partial charge in [-0.3, -0.25) is 0 Å². The van der Waals surface area contributed by atoms with Gasteiger partial charge >= 0.3 is 0 Å². The van der Waals surface area contributed by atoms with E-state index in [2.05, 4.69) is 41.5 Å². The second kappa shape index (κ2) is 8.60. The number of thioether (sulfide) groups is 1. The highest BCUT2D eigenvalue weighted by Crippen LogP contribution is 2.17. The number of thiophene rings is 1. The third-order valence-corrected chi connectivity index (χ3v) is 3.79. The number of aliphatic hydroxyl groups is 1. The van der Waals surface area contributed by atoms with Crippen LogP contribution in [0.15, 0.2) is 11.4 Å². The SMILES string of the molecule is CSCCN(C)Cc1sccc1C#CCCO. The minimum absolute atomic E-state index is 0.139. The molecule has 0 bridgehead atoms. The van der Waals surface area contributed by atoms with Crippen LogP contribution in [0, 0.1) is 11.8 Å². The minimum atomic E-state index is 0.139. The predicted octanol–water partition coefficient (Wildman–Crippen LogP) is 2.28. The van der Waals surface area contributed by atoms with Gasteiger partial charge in [-0.05, 0) is 24.7 Å². The Morgan fingerprint density at radius 1 is 1.53 bits per heavy atom. The Hall–Kier alpha value is -0.470. The van der Waals surface area contributed by atoms with Gasteiger partial charge in [-0.2, -0.15) is 11.8 Å². The van der Waals surface area contributed by atoms with E-state index in [1.165, 1.54) is 4.88 Å². The molecule has 2 nitrogen and oxygen atoms in total. The van der Waals surface area contributed by atoms with Crippen LogP contribution in [-0.4, -0.2) is 42.2 Å². The third-order valence-electron chi connectivity index (χ3n) is 2.30. The fraction of sp³-hybridized carbons (Fsp3) is 0.538. The van der Waals surface area contributed by atoms with Gasteiger partial charge in [-0.1, -0.05) is 11.8 Å². The molecule has 0 spiro atoms. The second-order valence-electron chi connectivity index (χ2n) is 3.76. The van der Waals surface area contributed by atoms with Gasteiger partial charge in [0.25, 0.3) is 0 Å². The average Bonchev–Trinajstić information content (AvgIpc) is 2.74. The lowest BCUT2D eigenvalue weighted by molar-refractivity contribution is 0.305. The summed E-state index contributed by atoms with van der Waals surface area (Å²) in [5, 5.41) is 10.8. The molecule has 1 aromatic rings. The average molecular weight is 269 g/mol. The van der Waals surface area contributed by atoms with Crippen LogP contribution in [0.5, 0.6) is 0 Å². The zero-order chi connectivity index (χ0) is 12.5. The Morgan fingerprint density at radius 2 is 2.35 bits per heavy atom. The Kier molecular flexibility index (Phi) is 7.38. The van der Waals surface area contributed by atoms with Crippen LogP contribution in [-0.2, 0) is 6.54 Å². The first-order chi connectivity index (χ1) is 8.27. The number of nitrogens with zero attached hydrogens (tertiary/aromatic N) is 1. The summed E-state index contributed by atoms with van der Waals surface area (Å²) < 4.78 is 0. The summed E-state index contributed by atoms with van der Waals surface area (Å²) in [4.78, 5) is 3.64. The molecule has 0 aliphatic heterocycles. The quantitative estimate of drug-likeness (QED) is 0.802. The van der Waals surface area contributed by atoms with Crippen molar-refractivity contribution in [2.45, 2.75) is 13.0 Å². The van der Waals surface area contributed by atoms with Crippen molar-refractivity contribution in [3.05, 3.63) is 21.9 Å². The van der Waals surface area contributed by atoms with Crippen LogP contribution in [0.25, 0.3) is 0 Å². The molecule has 0 unspecified atom stereocenters. The summed E-state index contributed by atoms with van der Waals surface area (Å²) in [7, 11) is 2.14. The van der Waals surface area contributed by atoms with Crippen molar-refractivity contribution >= 4 is 23.1 Å². The largest absolute Gasteiger partial charge is 0.395 e. The van der Waals surface area contributed by atoms with E-state index < -0.39 is 0 Å². The predicted molar refractivity (Wildman–Crippen MR) is 77.6 cm³/mol. The van der Waals surface area contributed by atoms with Crippen molar-refractivity contribution in [3.63, 3.8) is 0 Å². The lowest BCUT2D eigenvalue weighted by Crippen LogP contribution is -2.20. The summed E-state index contributed by atoms with van der Waals surface area (Å²) >= 11 is 3.63. The van der Waals surface area contributed by atoms with E-state index in [-0.39, 0.29) is 6.61 Å². The Bertz CT molecular complexity index is 378. The van der Waals surface area contributed by atoms with Gasteiger partial charge in [0.2, 0.25) is 0 Å². The molecule has 0 saturated carbocycles. The molecule has 0 atom stereocenters. The van der Waals surface area contributed by atoms with E-state index in [4.69, 9.17) is 5.11 Å². The van der Waals surface area contributed by atoms with E-state index in [0.29, 0.717) is 6.42 Å². The van der Waals surface area contributed by atoms with Crippen molar-refractivity contribution in [2.24, 2.45) is 0 Å². The van der Waals surface area contributed by atoms with E-state index >= 15 is 0 Å². The van der Waals surface area contributed by atoms with Gasteiger partial charge in [0.1, 0.15) is 0 Å². The summed E-state index contributed by atoms with van der Waals surface area (Å²) in [6, 6.07) is 2.06. The molecule has 0 saturated heterocycles. The Labute approximate surface area is 112 Å². The Balaban J connectivity index is 2.54. The van der Waals surface area contributed by atoms with Gasteiger partial charge in [0.05, 0.1) is 6.61 Å². The van der Waals surface area contributed by atoms with Crippen molar-refractivity contribution < 1.29 is 5.11 Å². The molecule has 1 heterocycles. The van der Waals surface area contributed by atoms with Crippen LogP contribution in [0.3, 0.4) is 0 Å². The first-order valence-corrected chi connectivity index (χ1v) is 7.89. The van der Waals surface area contributed by atoms with Crippen LogP contribution in [0.1, 0.15) is 16.9 Å². The van der Waals surface area contributed by atoms with E-state index in [1.807, 2.05) is 11.8 Å². The summed E-state index contributed by atoms with van der Waals surface area (Å²) in [6.07, 6.45) is 2.68. The highest BCUT2D eigenvalue weighted by molar-refractivity contribution is 7.98. The molecule has 94 valence electrons. The topological polar surface area (TPSA) is 23.5 Å². The Morgan fingerprint density at radius 3 is 3.06 bits per heavy atom. The molecule has 17 heavy (non-hydrogen) atoms. The first kappa shape index (κ1) is 14.6. The molecule has 1 rings (SSSR count). The van der Waals surface area contributed by atoms with Gasteiger partial charge in [-0.15, -0.1) is 11.3 Å². The van der Waals surface area contributed by atoms with Gasteiger partial charge < -0.3 is 10.0 Å². The molecule has 0 radical (unpaired) electrons. The zero-order valence-corrected chi connectivity index (χ0v) is 12.0. The second-order valence-corrected chi connectivity index (χ2v) is 5.75. The molecule has 1 aromatic heterocycles. The number of aliphatic hydroxyl groups excluding tert-OH is 1. The number of hydrogen-bond acceptors (Lipinski definition) is 4. The molecule has 0 amide bonds. The van der Waals surface area contributed by atoms with Crippen molar-refractivity contribution in [2.75, 3.05) is 32.2 Å². The van der Waals surface area contributed by atoms with Gasteiger partial charge in [-0.25, -0.2) is 0 Å². The fourth-order valence-corrected chi connectivity index (χ4v) is 2.76. The van der Waals surface area contributed by atoms with Gasteiger partial charge in [0, 0.05) is 35.7 Å². The molecule has 0 aliphatic rings. The van der Waals surface area contributed by atoms with Crippen molar-refractivity contribution in [3.8, 4) is 11.8 Å². The van der Waals surface area contributed by atoms with E-state index in [1.54, 1.807) is 11.3 Å². The maximum absolute atomic E-state index is 8.70. The lowest BCUT2D eigenvalue weighted by Gasteiger charge is -2.14. The van der Waals surface area contributed by atoms with Crippen LogP contribution >= 0.6 is 23.1 Å². The van der Waals surface area contributed by atoms with Crippen LogP contribution in [0.2, 0.25) is 0 Å². The highest BCUT2D eigenvalue weighted by atomic mass is 32.2. The van der Waals surface area contributed by atoms with Crippen molar-refractivity contribution in [1.29, 1.82) is 0 Å². The molecule has 0 fully saturated rings. The molecular weight excluding hydrogens is 250 g/mol. The lowest BCUT2D eigenvalue weighted by atomic mass is 10.2. The van der Waals surface area contributed by atoms with Gasteiger partial charge in [0.15, 0.2) is 0 Å². The number of hydrogen-bond donors (Lipinski definition) is 1. The summed E-state index contributed by atoms with van der Waals surface area (Å²) in [6.45, 7) is 2.20. The van der Waals surface area contributed by atoms with Crippen LogP contribution in [0.4, 0.5) is 0 Å². The maximum Gasteiger partial charge on any atom is 0.0540 e. The fourth-order valence-electron chi connectivity index (χ4n) is 1.36. The summed E-state index contributed by atoms with van der Waals surface area (Å²) in [5.41, 5.74) is 1.11. The molecular formula is C13H19NOS2. The standard InChI is InChI=1S/C13H19NOS2/c1-14(7-10-16-2)11-13-12(6-9-17-13)5-3-4-8-15/h6,9,15H,4,7-8,10-11H2,1-2H3. The van der Waals surface area contributed by atoms with E-state index in [0.717, 1.165) is 24.4 Å². The minimum Gasteiger partial charge on any atom is -0.395 e. The molecule has 4 heteroatoms. The monoisotopic (exact) mass is 269 g/mol. The van der Waals surface area contributed by atoms with Crippen molar-refractivity contribution in [1.82, 2.24) is 4.90 Å². The molecule has 0 aliphatic carbocycles. The smallest absolute Gasteiger partial charge is 0.0540 e. The van der Waals surface area contributed by atoms with Crippen LogP contribution < -0.4 is 0 Å².